The van der Waals surface area contributed by atoms with Crippen molar-refractivity contribution in [3.05, 3.63) is 36.0 Å². The smallest absolute Gasteiger partial charge is 0.337 e. The van der Waals surface area contributed by atoms with Crippen LogP contribution in [0.4, 0.5) is 0 Å². The number of aromatic carboxylic acids is 1. The van der Waals surface area contributed by atoms with Crippen LogP contribution in [0.3, 0.4) is 0 Å². The zero-order valence-electron chi connectivity index (χ0n) is 10.7. The minimum Gasteiger partial charge on any atom is -0.478 e. The number of fused-ring (bicyclic) bond motifs is 1. The number of carbonyl (C=O) groups is 1. The summed E-state index contributed by atoms with van der Waals surface area (Å²) in [6.45, 7) is 1.66. The van der Waals surface area contributed by atoms with Crippen LogP contribution in [0, 0.1) is 0 Å². The molecule has 4 heteroatoms. The number of carboxylic acid groups (broad SMARTS) is 1. The highest BCUT2D eigenvalue weighted by molar-refractivity contribution is 6.02. The van der Waals surface area contributed by atoms with E-state index in [1.807, 2.05) is 22.9 Å². The van der Waals surface area contributed by atoms with Crippen molar-refractivity contribution < 1.29 is 14.6 Å². The number of hydrogen-bond acceptors (Lipinski definition) is 2. The first kappa shape index (κ1) is 12.2. The zero-order valence-corrected chi connectivity index (χ0v) is 10.7. The molecule has 0 aliphatic carbocycles. The first-order chi connectivity index (χ1) is 9.25. The van der Waals surface area contributed by atoms with Gasteiger partial charge in [-0.05, 0) is 31.4 Å². The van der Waals surface area contributed by atoms with Gasteiger partial charge in [-0.3, -0.25) is 0 Å². The number of benzene rings is 1. The van der Waals surface area contributed by atoms with E-state index in [0.29, 0.717) is 11.7 Å². The predicted octanol–water partition coefficient (Wildman–Crippen LogP) is 2.91. The third kappa shape index (κ3) is 2.36. The lowest BCUT2D eigenvalue weighted by Crippen LogP contribution is -2.10. The molecule has 0 saturated carbocycles. The first-order valence-electron chi connectivity index (χ1n) is 6.68. The van der Waals surface area contributed by atoms with Crippen molar-refractivity contribution in [1.82, 2.24) is 4.57 Å². The van der Waals surface area contributed by atoms with Crippen LogP contribution in [0.1, 0.15) is 29.6 Å². The molecule has 0 spiro atoms. The van der Waals surface area contributed by atoms with E-state index in [9.17, 15) is 9.90 Å². The second-order valence-electron chi connectivity index (χ2n) is 4.98. The molecule has 1 aromatic carbocycles. The second-order valence-corrected chi connectivity index (χ2v) is 4.98. The van der Waals surface area contributed by atoms with Gasteiger partial charge in [0.25, 0.3) is 0 Å². The fourth-order valence-electron chi connectivity index (χ4n) is 2.78. The summed E-state index contributed by atoms with van der Waals surface area (Å²) in [5.74, 6) is -0.873. The maximum absolute atomic E-state index is 11.3. The lowest BCUT2D eigenvalue weighted by Gasteiger charge is -2.11. The Kier molecular flexibility index (Phi) is 3.25. The highest BCUT2D eigenvalue weighted by Crippen LogP contribution is 2.22. The van der Waals surface area contributed by atoms with Crippen LogP contribution in [0.5, 0.6) is 0 Å². The maximum atomic E-state index is 11.3. The van der Waals surface area contributed by atoms with Crippen molar-refractivity contribution in [2.45, 2.75) is 31.9 Å². The number of nitrogens with zero attached hydrogens (tertiary/aromatic N) is 1. The largest absolute Gasteiger partial charge is 0.478 e. The van der Waals surface area contributed by atoms with E-state index in [1.54, 1.807) is 12.1 Å². The summed E-state index contributed by atoms with van der Waals surface area (Å²) in [6, 6.07) is 7.37. The van der Waals surface area contributed by atoms with Crippen LogP contribution in [0.2, 0.25) is 0 Å². The zero-order chi connectivity index (χ0) is 13.2. The first-order valence-corrected chi connectivity index (χ1v) is 6.68. The predicted molar refractivity (Wildman–Crippen MR) is 72.5 cm³/mol. The molecule has 3 rings (SSSR count). The van der Waals surface area contributed by atoms with E-state index in [1.165, 1.54) is 0 Å². The second kappa shape index (κ2) is 5.05. The molecule has 0 radical (unpaired) electrons. The molecule has 1 N–H and O–H groups in total. The standard InChI is InChI=1S/C15H17NO3/c17-15(18)13-5-1-3-11-6-8-16(14(11)13)9-7-12-4-2-10-19-12/h1,3,5-6,8,12H,2,4,7,9-10H2,(H,17,18). The molecule has 1 aliphatic rings. The third-order valence-corrected chi connectivity index (χ3v) is 3.73. The SMILES string of the molecule is O=C(O)c1cccc2ccn(CCC3CCCO3)c12. The third-order valence-electron chi connectivity index (χ3n) is 3.73. The molecule has 1 saturated heterocycles. The summed E-state index contributed by atoms with van der Waals surface area (Å²) in [7, 11) is 0. The molecule has 0 amide bonds. The van der Waals surface area contributed by atoms with Gasteiger partial charge in [0.05, 0.1) is 17.2 Å². The Morgan fingerprint density at radius 3 is 3.05 bits per heavy atom. The van der Waals surface area contributed by atoms with Crippen molar-refractivity contribution in [3.8, 4) is 0 Å². The molecule has 2 heterocycles. The Bertz CT molecular complexity index is 596. The molecule has 1 aromatic heterocycles. The minimum atomic E-state index is -0.873. The van der Waals surface area contributed by atoms with E-state index in [0.717, 1.165) is 43.3 Å². The van der Waals surface area contributed by atoms with Gasteiger partial charge in [-0.1, -0.05) is 12.1 Å². The highest BCUT2D eigenvalue weighted by atomic mass is 16.5. The number of aryl methyl sites for hydroxylation is 1. The Balaban J connectivity index is 1.88. The van der Waals surface area contributed by atoms with Crippen LogP contribution in [-0.2, 0) is 11.3 Å². The van der Waals surface area contributed by atoms with Crippen molar-refractivity contribution in [2.75, 3.05) is 6.61 Å². The van der Waals surface area contributed by atoms with Crippen molar-refractivity contribution >= 4 is 16.9 Å². The lowest BCUT2D eigenvalue weighted by atomic mass is 10.1. The minimum absolute atomic E-state index is 0.328. The lowest BCUT2D eigenvalue weighted by molar-refractivity contribution is 0.0698. The molecule has 1 unspecified atom stereocenters. The van der Waals surface area contributed by atoms with Gasteiger partial charge < -0.3 is 14.4 Å². The molecule has 4 nitrogen and oxygen atoms in total. The van der Waals surface area contributed by atoms with Crippen molar-refractivity contribution in [2.24, 2.45) is 0 Å². The van der Waals surface area contributed by atoms with Crippen LogP contribution >= 0.6 is 0 Å². The van der Waals surface area contributed by atoms with Gasteiger partial charge >= 0.3 is 5.97 Å². The molecule has 0 bridgehead atoms. The Hall–Kier alpha value is -1.81. The van der Waals surface area contributed by atoms with Gasteiger partial charge in [0.1, 0.15) is 0 Å². The number of carboxylic acids is 1. The topological polar surface area (TPSA) is 51.5 Å². The van der Waals surface area contributed by atoms with E-state index in [-0.39, 0.29) is 0 Å². The Labute approximate surface area is 111 Å². The Morgan fingerprint density at radius 2 is 2.32 bits per heavy atom. The van der Waals surface area contributed by atoms with E-state index < -0.39 is 5.97 Å². The fourth-order valence-corrected chi connectivity index (χ4v) is 2.78. The van der Waals surface area contributed by atoms with Crippen LogP contribution < -0.4 is 0 Å². The molecule has 100 valence electrons. The average molecular weight is 259 g/mol. The van der Waals surface area contributed by atoms with Gasteiger partial charge in [-0.2, -0.15) is 0 Å². The number of rotatable bonds is 4. The summed E-state index contributed by atoms with van der Waals surface area (Å²) < 4.78 is 7.64. The van der Waals surface area contributed by atoms with Gasteiger partial charge in [0, 0.05) is 24.7 Å². The molecule has 1 atom stereocenters. The normalized spacial score (nSPS) is 19.1. The van der Waals surface area contributed by atoms with E-state index >= 15 is 0 Å². The maximum Gasteiger partial charge on any atom is 0.337 e. The van der Waals surface area contributed by atoms with Gasteiger partial charge in [-0.15, -0.1) is 0 Å². The molecule has 1 fully saturated rings. The highest BCUT2D eigenvalue weighted by Gasteiger charge is 2.17. The van der Waals surface area contributed by atoms with Crippen LogP contribution in [-0.4, -0.2) is 28.4 Å². The summed E-state index contributed by atoms with van der Waals surface area (Å²) >= 11 is 0. The van der Waals surface area contributed by atoms with Crippen LogP contribution in [0.25, 0.3) is 10.9 Å². The van der Waals surface area contributed by atoms with Gasteiger partial charge in [0.15, 0.2) is 0 Å². The number of aromatic nitrogens is 1. The number of para-hydroxylation sites is 1. The Morgan fingerprint density at radius 1 is 1.42 bits per heavy atom. The molecular weight excluding hydrogens is 242 g/mol. The number of hydrogen-bond donors (Lipinski definition) is 1. The monoisotopic (exact) mass is 259 g/mol. The molecule has 2 aromatic rings. The summed E-state index contributed by atoms with van der Waals surface area (Å²) in [5.41, 5.74) is 1.18. The number of ether oxygens (including phenoxy) is 1. The fraction of sp³-hybridized carbons (Fsp3) is 0.400. The molecule has 1 aliphatic heterocycles. The van der Waals surface area contributed by atoms with Crippen molar-refractivity contribution in [3.63, 3.8) is 0 Å². The summed E-state index contributed by atoms with van der Waals surface area (Å²) in [5, 5.41) is 10.2. The molecule has 19 heavy (non-hydrogen) atoms. The van der Waals surface area contributed by atoms with Gasteiger partial charge in [0.2, 0.25) is 0 Å². The van der Waals surface area contributed by atoms with E-state index in [2.05, 4.69) is 0 Å². The average Bonchev–Trinajstić information content (AvgIpc) is 3.05. The summed E-state index contributed by atoms with van der Waals surface area (Å²) in [6.07, 6.45) is 5.49. The van der Waals surface area contributed by atoms with Crippen LogP contribution in [0.15, 0.2) is 30.5 Å². The van der Waals surface area contributed by atoms with Crippen molar-refractivity contribution in [1.29, 1.82) is 0 Å². The van der Waals surface area contributed by atoms with E-state index in [4.69, 9.17) is 4.74 Å². The summed E-state index contributed by atoms with van der Waals surface area (Å²) in [4.78, 5) is 11.3. The quantitative estimate of drug-likeness (QED) is 0.918. The molecular formula is C15H17NO3. The van der Waals surface area contributed by atoms with Gasteiger partial charge in [-0.25, -0.2) is 4.79 Å².